The van der Waals surface area contributed by atoms with E-state index in [1.54, 1.807) is 18.2 Å². The fourth-order valence-electron chi connectivity index (χ4n) is 1.96. The summed E-state index contributed by atoms with van der Waals surface area (Å²) in [5.41, 5.74) is 0.801. The van der Waals surface area contributed by atoms with E-state index in [2.05, 4.69) is 0 Å². The Morgan fingerprint density at radius 2 is 1.73 bits per heavy atom. The first kappa shape index (κ1) is 20.3. The van der Waals surface area contributed by atoms with E-state index in [9.17, 15) is 9.59 Å². The van der Waals surface area contributed by atoms with Crippen molar-refractivity contribution in [3.63, 3.8) is 0 Å². The molecule has 2 rings (SSSR count). The number of rotatable bonds is 4. The van der Waals surface area contributed by atoms with Crippen molar-refractivity contribution in [2.75, 3.05) is 13.2 Å². The average molecular weight is 308 g/mol. The zero-order valence-corrected chi connectivity index (χ0v) is 12.8. The second kappa shape index (κ2) is 11.0. The third-order valence-corrected chi connectivity index (χ3v) is 3.33. The number of carbonyl (C=O) groups excluding carboxylic acids is 1. The van der Waals surface area contributed by atoms with E-state index in [0.29, 0.717) is 5.56 Å². The molecule has 0 unspecified atom stereocenters. The molecule has 0 spiro atoms. The Morgan fingerprint density at radius 3 is 2.14 bits per heavy atom. The third-order valence-electron chi connectivity index (χ3n) is 3.33. The lowest BCUT2D eigenvalue weighted by atomic mass is 9.97. The van der Waals surface area contributed by atoms with Gasteiger partial charge in [0, 0.05) is 25.6 Å². The number of carboxylic acids is 1. The number of Topliss-reactive ketones (excluding diaryl/α,β-unsaturated/α-hetero) is 1. The van der Waals surface area contributed by atoms with Gasteiger partial charge in [-0.2, -0.15) is 0 Å². The van der Waals surface area contributed by atoms with Crippen molar-refractivity contribution in [1.82, 2.24) is 0 Å². The van der Waals surface area contributed by atoms with Gasteiger partial charge in [-0.25, -0.2) is 4.79 Å². The molecule has 22 heavy (non-hydrogen) atoms. The van der Waals surface area contributed by atoms with Crippen LogP contribution in [0, 0.1) is 5.92 Å². The predicted octanol–water partition coefficient (Wildman–Crippen LogP) is 3.98. The molecular formula is C18H28O4. The molecule has 1 fully saturated rings. The van der Waals surface area contributed by atoms with Crippen LogP contribution in [0.1, 0.15) is 56.5 Å². The van der Waals surface area contributed by atoms with Gasteiger partial charge in [0.2, 0.25) is 0 Å². The lowest BCUT2D eigenvalue weighted by molar-refractivity contribution is -0.121. The quantitative estimate of drug-likeness (QED) is 0.914. The topological polar surface area (TPSA) is 63.6 Å². The first-order chi connectivity index (χ1) is 10.0. The summed E-state index contributed by atoms with van der Waals surface area (Å²) < 4.78 is 5.07. The Labute approximate surface area is 133 Å². The van der Waals surface area contributed by atoms with Gasteiger partial charge in [-0.1, -0.05) is 39.5 Å². The maximum atomic E-state index is 11.5. The molecule has 124 valence electrons. The van der Waals surface area contributed by atoms with Crippen LogP contribution in [0.25, 0.3) is 0 Å². The number of carboxylic acid groups (broad SMARTS) is 1. The highest BCUT2D eigenvalue weighted by Crippen LogP contribution is 2.12. The maximum absolute atomic E-state index is 11.5. The Morgan fingerprint density at radius 1 is 1.14 bits per heavy atom. The Bertz CT molecular complexity index is 450. The Hall–Kier alpha value is -1.68. The monoisotopic (exact) mass is 308 g/mol. The number of ketones is 1. The molecule has 0 atom stereocenters. The van der Waals surface area contributed by atoms with Crippen molar-refractivity contribution in [2.24, 2.45) is 5.92 Å². The molecule has 1 N–H and O–H groups in total. The molecule has 0 saturated carbocycles. The summed E-state index contributed by atoms with van der Waals surface area (Å²) in [5.74, 6) is -0.988. The minimum atomic E-state index is -0.984. The van der Waals surface area contributed by atoms with Crippen LogP contribution in [0.5, 0.6) is 0 Å². The van der Waals surface area contributed by atoms with Crippen molar-refractivity contribution < 1.29 is 19.4 Å². The lowest BCUT2D eigenvalue weighted by Crippen LogP contribution is -2.13. The molecule has 0 aromatic heterocycles. The van der Waals surface area contributed by atoms with E-state index in [1.807, 2.05) is 13.8 Å². The average Bonchev–Trinajstić information content (AvgIpc) is 2.50. The van der Waals surface area contributed by atoms with Crippen LogP contribution < -0.4 is 0 Å². The largest absolute Gasteiger partial charge is 0.478 e. The normalized spacial score (nSPS) is 13.6. The number of hydrogen-bond acceptors (Lipinski definition) is 3. The number of hydrogen-bond donors (Lipinski definition) is 1. The lowest BCUT2D eigenvalue weighted by Gasteiger charge is -2.08. The molecule has 4 heteroatoms. The molecule has 0 aliphatic carbocycles. The van der Waals surface area contributed by atoms with E-state index in [0.717, 1.165) is 13.2 Å². The summed E-state index contributed by atoms with van der Waals surface area (Å²) in [6, 6.07) is 6.61. The molecule has 0 amide bonds. The van der Waals surface area contributed by atoms with E-state index >= 15 is 0 Å². The third kappa shape index (κ3) is 7.36. The van der Waals surface area contributed by atoms with E-state index in [1.165, 1.54) is 25.3 Å². The highest BCUT2D eigenvalue weighted by molar-refractivity contribution is 5.92. The van der Waals surface area contributed by atoms with Crippen molar-refractivity contribution in [2.45, 2.75) is 47.0 Å². The van der Waals surface area contributed by atoms with E-state index < -0.39 is 5.97 Å². The minimum absolute atomic E-state index is 0. The first-order valence-electron chi connectivity index (χ1n) is 7.44. The van der Waals surface area contributed by atoms with Crippen LogP contribution in [0.15, 0.2) is 24.3 Å². The van der Waals surface area contributed by atoms with Gasteiger partial charge in [0.1, 0.15) is 5.78 Å². The molecule has 1 aliphatic heterocycles. The number of ether oxygens (including phenoxy) is 1. The second-order valence-electron chi connectivity index (χ2n) is 5.43. The highest BCUT2D eigenvalue weighted by Gasteiger charge is 2.14. The van der Waals surface area contributed by atoms with Gasteiger partial charge in [-0.3, -0.25) is 4.79 Å². The summed E-state index contributed by atoms with van der Waals surface area (Å²) in [6.07, 6.45) is 4.13. The summed E-state index contributed by atoms with van der Waals surface area (Å²) in [5, 5.41) is 8.91. The van der Waals surface area contributed by atoms with Crippen molar-refractivity contribution in [3.05, 3.63) is 35.4 Å². The zero-order chi connectivity index (χ0) is 15.7. The molecule has 1 aromatic carbocycles. The maximum Gasteiger partial charge on any atom is 0.335 e. The van der Waals surface area contributed by atoms with Crippen LogP contribution >= 0.6 is 0 Å². The number of carbonyl (C=O) groups is 2. The molecule has 0 radical (unpaired) electrons. The Balaban J connectivity index is 0.000000529. The van der Waals surface area contributed by atoms with E-state index in [4.69, 9.17) is 9.84 Å². The van der Waals surface area contributed by atoms with Crippen LogP contribution in [-0.4, -0.2) is 30.1 Å². The molecule has 4 nitrogen and oxygen atoms in total. The number of benzene rings is 1. The highest BCUT2D eigenvalue weighted by atomic mass is 16.5. The van der Waals surface area contributed by atoms with Gasteiger partial charge in [0.25, 0.3) is 0 Å². The molecule has 1 aliphatic rings. The van der Waals surface area contributed by atoms with Gasteiger partial charge in [-0.15, -0.1) is 0 Å². The second-order valence-corrected chi connectivity index (χ2v) is 5.43. The van der Waals surface area contributed by atoms with Gasteiger partial charge in [0.15, 0.2) is 0 Å². The van der Waals surface area contributed by atoms with Crippen LogP contribution in [0.4, 0.5) is 0 Å². The van der Waals surface area contributed by atoms with Gasteiger partial charge < -0.3 is 9.84 Å². The van der Waals surface area contributed by atoms with Crippen molar-refractivity contribution >= 4 is 11.8 Å². The van der Waals surface area contributed by atoms with Crippen molar-refractivity contribution in [3.8, 4) is 0 Å². The van der Waals surface area contributed by atoms with Crippen LogP contribution in [-0.2, 0) is 16.0 Å². The Kier molecular flexibility index (Phi) is 10.1. The summed E-state index contributed by atoms with van der Waals surface area (Å²) in [7, 11) is 0. The van der Waals surface area contributed by atoms with E-state index in [-0.39, 0.29) is 31.1 Å². The summed E-state index contributed by atoms with van der Waals surface area (Å²) in [6.45, 7) is 5.62. The molecule has 0 bridgehead atoms. The molecule has 1 saturated heterocycles. The van der Waals surface area contributed by atoms with Crippen LogP contribution in [0.3, 0.4) is 0 Å². The van der Waals surface area contributed by atoms with Gasteiger partial charge >= 0.3 is 5.97 Å². The smallest absolute Gasteiger partial charge is 0.335 e. The fraction of sp³-hybridized carbons (Fsp3) is 0.556. The number of aromatic carboxylic acids is 1. The molecular weight excluding hydrogens is 280 g/mol. The summed E-state index contributed by atoms with van der Waals surface area (Å²) >= 11 is 0. The van der Waals surface area contributed by atoms with Gasteiger partial charge in [-0.05, 0) is 30.9 Å². The molecule has 1 heterocycles. The SMILES string of the molecule is C.C1CCOCC1.CC(C)C(=O)Cc1ccccc1C(=O)O. The predicted molar refractivity (Wildman–Crippen MR) is 88.4 cm³/mol. The minimum Gasteiger partial charge on any atom is -0.478 e. The van der Waals surface area contributed by atoms with Crippen molar-refractivity contribution in [1.29, 1.82) is 0 Å². The summed E-state index contributed by atoms with van der Waals surface area (Å²) in [4.78, 5) is 22.4. The van der Waals surface area contributed by atoms with Gasteiger partial charge in [0.05, 0.1) is 5.56 Å². The molecule has 1 aromatic rings. The standard InChI is InChI=1S/C12H14O3.C5H10O.CH4/c1-8(2)11(13)7-9-5-3-4-6-10(9)12(14)15;1-2-4-6-5-3-1;/h3-6,8H,7H2,1-2H3,(H,14,15);1-5H2;1H4. The fourth-order valence-corrected chi connectivity index (χ4v) is 1.96. The van der Waals surface area contributed by atoms with Crippen LogP contribution in [0.2, 0.25) is 0 Å². The first-order valence-corrected chi connectivity index (χ1v) is 7.44. The zero-order valence-electron chi connectivity index (χ0n) is 12.8.